The summed E-state index contributed by atoms with van der Waals surface area (Å²) >= 11 is 0. The van der Waals surface area contributed by atoms with Crippen LogP contribution in [0.1, 0.15) is 13.8 Å². The van der Waals surface area contributed by atoms with Crippen molar-refractivity contribution in [2.75, 3.05) is 0 Å². The van der Waals surface area contributed by atoms with Crippen LogP contribution >= 0.6 is 0 Å². The van der Waals surface area contributed by atoms with Crippen molar-refractivity contribution in [2.24, 2.45) is 0 Å². The van der Waals surface area contributed by atoms with Crippen LogP contribution in [0.5, 0.6) is 0 Å². The SMILES string of the molecule is C#CC#CC#CC.C#CC#CC#CC#CC. The van der Waals surface area contributed by atoms with E-state index in [2.05, 4.69) is 71.0 Å². The first-order chi connectivity index (χ1) is 7.83. The average Bonchev–Trinajstić information content (AvgIpc) is 2.31. The van der Waals surface area contributed by atoms with E-state index in [1.807, 2.05) is 0 Å². The molecule has 0 aromatic heterocycles. The second kappa shape index (κ2) is 17.9. The highest BCUT2D eigenvalue weighted by molar-refractivity contribution is 5.38. The molecule has 0 rings (SSSR count). The molecule has 0 aliphatic rings. The average molecular weight is 200 g/mol. The summed E-state index contributed by atoms with van der Waals surface area (Å²) in [5.41, 5.74) is 0. The monoisotopic (exact) mass is 200 g/mol. The Kier molecular flexibility index (Phi) is 17.2. The summed E-state index contributed by atoms with van der Waals surface area (Å²) in [7, 11) is 0. The topological polar surface area (TPSA) is 0 Å². The van der Waals surface area contributed by atoms with Crippen LogP contribution in [0.2, 0.25) is 0 Å². The zero-order chi connectivity index (χ0) is 12.5. The van der Waals surface area contributed by atoms with E-state index >= 15 is 0 Å². The number of terminal acetylenes is 2. The van der Waals surface area contributed by atoms with Gasteiger partial charge in [-0.15, -0.1) is 12.8 Å². The lowest BCUT2D eigenvalue weighted by molar-refractivity contribution is 1.92. The fourth-order valence-corrected chi connectivity index (χ4v) is 0.322. The quantitative estimate of drug-likeness (QED) is 0.517. The van der Waals surface area contributed by atoms with Gasteiger partial charge in [0.15, 0.2) is 0 Å². The largest absolute Gasteiger partial charge is 0.106 e. The Balaban J connectivity index is 0. The van der Waals surface area contributed by atoms with Crippen LogP contribution < -0.4 is 0 Å². The van der Waals surface area contributed by atoms with Crippen molar-refractivity contribution in [3.63, 3.8) is 0 Å². The van der Waals surface area contributed by atoms with Crippen molar-refractivity contribution in [1.82, 2.24) is 0 Å². The Hall–Kier alpha value is -3.08. The lowest BCUT2D eigenvalue weighted by Crippen LogP contribution is -1.50. The van der Waals surface area contributed by atoms with Gasteiger partial charge >= 0.3 is 0 Å². The molecule has 0 aliphatic heterocycles. The predicted molar refractivity (Wildman–Crippen MR) is 67.9 cm³/mol. The molecule has 0 aromatic carbocycles. The zero-order valence-corrected chi connectivity index (χ0v) is 9.15. The summed E-state index contributed by atoms with van der Waals surface area (Å²) in [5, 5.41) is 0. The second-order valence-corrected chi connectivity index (χ2v) is 1.79. The van der Waals surface area contributed by atoms with Crippen molar-refractivity contribution in [2.45, 2.75) is 13.8 Å². The van der Waals surface area contributed by atoms with Crippen LogP contribution in [0.25, 0.3) is 0 Å². The highest BCUT2D eigenvalue weighted by Gasteiger charge is 1.50. The van der Waals surface area contributed by atoms with E-state index in [0.29, 0.717) is 0 Å². The molecular weight excluding hydrogens is 192 g/mol. The first-order valence-corrected chi connectivity index (χ1v) is 4.08. The van der Waals surface area contributed by atoms with E-state index in [0.717, 1.165) is 0 Å². The van der Waals surface area contributed by atoms with E-state index in [-0.39, 0.29) is 0 Å². The summed E-state index contributed by atoms with van der Waals surface area (Å²) in [6, 6.07) is 0. The molecule has 0 saturated carbocycles. The molecular formula is C16H8. The standard InChI is InChI=1S/C9H4.C7H4/c1-3-5-7-9-8-6-4-2;1-3-5-7-6-4-2/h1H,2H3;1H,2H3. The van der Waals surface area contributed by atoms with Crippen molar-refractivity contribution in [3.05, 3.63) is 0 Å². The molecule has 72 valence electrons. The Morgan fingerprint density at radius 2 is 0.812 bits per heavy atom. The molecule has 0 aliphatic carbocycles. The van der Waals surface area contributed by atoms with Crippen LogP contribution in [-0.2, 0) is 0 Å². The van der Waals surface area contributed by atoms with E-state index in [4.69, 9.17) is 12.8 Å². The van der Waals surface area contributed by atoms with Crippen molar-refractivity contribution in [3.8, 4) is 83.9 Å². The van der Waals surface area contributed by atoms with Gasteiger partial charge in [-0.1, -0.05) is 11.8 Å². The molecule has 0 spiro atoms. The Labute approximate surface area is 98.2 Å². The maximum absolute atomic E-state index is 4.82. The normalized spacial score (nSPS) is 3.50. The summed E-state index contributed by atoms with van der Waals surface area (Å²) in [6.45, 7) is 3.43. The molecule has 0 unspecified atom stereocenters. The lowest BCUT2D eigenvalue weighted by Gasteiger charge is -1.52. The van der Waals surface area contributed by atoms with Gasteiger partial charge in [0.2, 0.25) is 0 Å². The van der Waals surface area contributed by atoms with Gasteiger partial charge in [-0.25, -0.2) is 0 Å². The predicted octanol–water partition coefficient (Wildman–Crippen LogP) is 1.30. The molecule has 0 nitrogen and oxygen atoms in total. The molecule has 0 fully saturated rings. The van der Waals surface area contributed by atoms with Gasteiger partial charge < -0.3 is 0 Å². The summed E-state index contributed by atoms with van der Waals surface area (Å²) < 4.78 is 0. The third-order valence-corrected chi connectivity index (χ3v) is 0.769. The first kappa shape index (κ1) is 15.4. The summed E-state index contributed by atoms with van der Waals surface area (Å²) in [5.74, 6) is 29.0. The molecule has 16 heavy (non-hydrogen) atoms. The molecule has 0 atom stereocenters. The molecule has 0 bridgehead atoms. The van der Waals surface area contributed by atoms with Gasteiger partial charge in [0.1, 0.15) is 0 Å². The minimum atomic E-state index is 1.71. The molecule has 0 heterocycles. The third kappa shape index (κ3) is 22.4. The highest BCUT2D eigenvalue weighted by atomic mass is 13.5. The van der Waals surface area contributed by atoms with Crippen LogP contribution in [0.4, 0.5) is 0 Å². The van der Waals surface area contributed by atoms with Gasteiger partial charge in [0, 0.05) is 0 Å². The van der Waals surface area contributed by atoms with Gasteiger partial charge in [-0.2, -0.15) is 0 Å². The Morgan fingerprint density at radius 1 is 0.500 bits per heavy atom. The fraction of sp³-hybridized carbons (Fsp3) is 0.125. The minimum absolute atomic E-state index is 1.71. The van der Waals surface area contributed by atoms with Crippen LogP contribution in [0.15, 0.2) is 0 Å². The summed E-state index contributed by atoms with van der Waals surface area (Å²) in [6.07, 6.45) is 9.59. The lowest BCUT2D eigenvalue weighted by atomic mass is 10.5. The van der Waals surface area contributed by atoms with E-state index in [1.54, 1.807) is 13.8 Å². The maximum Gasteiger partial charge on any atom is -0.0000348 e. The molecule has 0 heteroatoms. The highest BCUT2D eigenvalue weighted by Crippen LogP contribution is 1.52. The molecule has 0 aromatic rings. The number of hydrogen-bond donors (Lipinski definition) is 0. The van der Waals surface area contributed by atoms with Crippen molar-refractivity contribution >= 4 is 0 Å². The minimum Gasteiger partial charge on any atom is -0.106 e. The molecule has 0 amide bonds. The van der Waals surface area contributed by atoms with Crippen molar-refractivity contribution in [1.29, 1.82) is 0 Å². The molecule has 0 radical (unpaired) electrons. The second-order valence-electron chi connectivity index (χ2n) is 1.79. The fourth-order valence-electron chi connectivity index (χ4n) is 0.322. The third-order valence-electron chi connectivity index (χ3n) is 0.769. The Bertz CT molecular complexity index is 575. The van der Waals surface area contributed by atoms with Gasteiger partial charge in [0.25, 0.3) is 0 Å². The van der Waals surface area contributed by atoms with E-state index in [1.165, 1.54) is 0 Å². The smallest absolute Gasteiger partial charge is 0.0000348 e. The van der Waals surface area contributed by atoms with Gasteiger partial charge in [-0.3, -0.25) is 0 Å². The zero-order valence-electron chi connectivity index (χ0n) is 9.15. The van der Waals surface area contributed by atoms with Gasteiger partial charge in [0.05, 0.1) is 0 Å². The molecule has 0 N–H and O–H groups in total. The summed E-state index contributed by atoms with van der Waals surface area (Å²) in [4.78, 5) is 0. The first-order valence-electron chi connectivity index (χ1n) is 4.08. The maximum atomic E-state index is 4.82. The van der Waals surface area contributed by atoms with E-state index < -0.39 is 0 Å². The van der Waals surface area contributed by atoms with Gasteiger partial charge in [-0.05, 0) is 73.1 Å². The molecule has 0 saturated heterocycles. The van der Waals surface area contributed by atoms with Crippen LogP contribution in [0, 0.1) is 83.9 Å². The van der Waals surface area contributed by atoms with Crippen molar-refractivity contribution < 1.29 is 0 Å². The number of rotatable bonds is 0. The van der Waals surface area contributed by atoms with Crippen LogP contribution in [0.3, 0.4) is 0 Å². The Morgan fingerprint density at radius 3 is 1.19 bits per heavy atom. The van der Waals surface area contributed by atoms with Crippen LogP contribution in [-0.4, -0.2) is 0 Å². The van der Waals surface area contributed by atoms with E-state index in [9.17, 15) is 0 Å². The number of hydrogen-bond acceptors (Lipinski definition) is 0.